The topological polar surface area (TPSA) is 75.7 Å². The molecular weight excluding hydrogens is 392 g/mol. The third kappa shape index (κ3) is 4.32. The maximum atomic E-state index is 13.0. The molecule has 0 aromatic heterocycles. The number of nitrogens with zero attached hydrogens (tertiary/aromatic N) is 1. The second-order valence-electron chi connectivity index (χ2n) is 6.76. The SMILES string of the molecule is CCCOc1ccc(/C=C2\C(=O)NC(=O)N(c3ccc(C)c(C)c3)C2=O)cc1Cl. The lowest BCUT2D eigenvalue weighted by atomic mass is 10.0. The standard InChI is InChI=1S/C22H21ClN2O4/c1-4-9-29-19-8-6-15(12-18(19)23)11-17-20(26)24-22(28)25(21(17)27)16-7-5-13(2)14(3)10-16/h5-8,10-12H,4,9H2,1-3H3,(H,24,26,28)/b17-11+. The van der Waals surface area contributed by atoms with E-state index >= 15 is 0 Å². The van der Waals surface area contributed by atoms with Crippen LogP contribution in [0.3, 0.4) is 0 Å². The van der Waals surface area contributed by atoms with Gasteiger partial charge in [0, 0.05) is 0 Å². The van der Waals surface area contributed by atoms with Gasteiger partial charge in [-0.25, -0.2) is 9.69 Å². The minimum absolute atomic E-state index is 0.152. The number of barbiturate groups is 1. The third-order valence-corrected chi connectivity index (χ3v) is 4.87. The summed E-state index contributed by atoms with van der Waals surface area (Å²) >= 11 is 6.23. The van der Waals surface area contributed by atoms with Crippen molar-refractivity contribution in [3.63, 3.8) is 0 Å². The van der Waals surface area contributed by atoms with Crippen LogP contribution in [0.2, 0.25) is 5.02 Å². The molecule has 4 amide bonds. The number of aryl methyl sites for hydroxylation is 2. The van der Waals surface area contributed by atoms with E-state index < -0.39 is 17.8 Å². The monoisotopic (exact) mass is 412 g/mol. The molecule has 0 spiro atoms. The maximum Gasteiger partial charge on any atom is 0.335 e. The molecule has 0 radical (unpaired) electrons. The predicted octanol–water partition coefficient (Wildman–Crippen LogP) is 4.41. The maximum absolute atomic E-state index is 13.0. The van der Waals surface area contributed by atoms with Crippen LogP contribution in [0, 0.1) is 13.8 Å². The molecule has 6 nitrogen and oxygen atoms in total. The van der Waals surface area contributed by atoms with Gasteiger partial charge in [0.05, 0.1) is 17.3 Å². The van der Waals surface area contributed by atoms with Gasteiger partial charge in [-0.15, -0.1) is 0 Å². The first kappa shape index (κ1) is 20.6. The molecule has 7 heteroatoms. The quantitative estimate of drug-likeness (QED) is 0.583. The van der Waals surface area contributed by atoms with Crippen LogP contribution in [0.1, 0.15) is 30.0 Å². The van der Waals surface area contributed by atoms with Crippen LogP contribution in [0.15, 0.2) is 42.0 Å². The van der Waals surface area contributed by atoms with Gasteiger partial charge in [-0.2, -0.15) is 0 Å². The van der Waals surface area contributed by atoms with Crippen molar-refractivity contribution >= 4 is 41.2 Å². The first-order valence-corrected chi connectivity index (χ1v) is 9.60. The number of anilines is 1. The summed E-state index contributed by atoms with van der Waals surface area (Å²) in [7, 11) is 0. The van der Waals surface area contributed by atoms with Crippen LogP contribution in [0.25, 0.3) is 6.08 Å². The van der Waals surface area contributed by atoms with Crippen LogP contribution >= 0.6 is 11.6 Å². The number of hydrogen-bond donors (Lipinski definition) is 1. The minimum Gasteiger partial charge on any atom is -0.492 e. The van der Waals surface area contributed by atoms with Gasteiger partial charge in [-0.05, 0) is 67.3 Å². The van der Waals surface area contributed by atoms with Crippen molar-refractivity contribution in [2.45, 2.75) is 27.2 Å². The Bertz CT molecular complexity index is 1030. The lowest BCUT2D eigenvalue weighted by molar-refractivity contribution is -0.122. The van der Waals surface area contributed by atoms with Crippen LogP contribution in [0.4, 0.5) is 10.5 Å². The highest BCUT2D eigenvalue weighted by atomic mass is 35.5. The molecule has 1 N–H and O–H groups in total. The van der Waals surface area contributed by atoms with Gasteiger partial charge in [-0.1, -0.05) is 30.7 Å². The van der Waals surface area contributed by atoms with E-state index in [1.807, 2.05) is 26.8 Å². The van der Waals surface area contributed by atoms with E-state index in [2.05, 4.69) is 5.32 Å². The molecule has 2 aromatic carbocycles. The van der Waals surface area contributed by atoms with Crippen molar-refractivity contribution in [1.29, 1.82) is 0 Å². The van der Waals surface area contributed by atoms with E-state index in [1.54, 1.807) is 30.3 Å². The fourth-order valence-electron chi connectivity index (χ4n) is 2.86. The van der Waals surface area contributed by atoms with Crippen molar-refractivity contribution in [2.75, 3.05) is 11.5 Å². The lowest BCUT2D eigenvalue weighted by Crippen LogP contribution is -2.54. The first-order valence-electron chi connectivity index (χ1n) is 9.23. The third-order valence-electron chi connectivity index (χ3n) is 4.58. The van der Waals surface area contributed by atoms with Crippen molar-refractivity contribution in [3.8, 4) is 5.75 Å². The number of ether oxygens (including phenoxy) is 1. The van der Waals surface area contributed by atoms with Crippen LogP contribution < -0.4 is 15.0 Å². The summed E-state index contributed by atoms with van der Waals surface area (Å²) in [5.41, 5.74) is 2.76. The van der Waals surface area contributed by atoms with Gasteiger partial charge in [-0.3, -0.25) is 14.9 Å². The Balaban J connectivity index is 1.95. The van der Waals surface area contributed by atoms with Gasteiger partial charge in [0.15, 0.2) is 0 Å². The highest BCUT2D eigenvalue weighted by molar-refractivity contribution is 6.39. The molecule has 3 rings (SSSR count). The second-order valence-corrected chi connectivity index (χ2v) is 7.17. The van der Waals surface area contributed by atoms with E-state index in [0.29, 0.717) is 28.6 Å². The predicted molar refractivity (Wildman–Crippen MR) is 112 cm³/mol. The minimum atomic E-state index is -0.776. The largest absolute Gasteiger partial charge is 0.492 e. The average Bonchev–Trinajstić information content (AvgIpc) is 2.67. The highest BCUT2D eigenvalue weighted by Gasteiger charge is 2.36. The zero-order chi connectivity index (χ0) is 21.1. The number of halogens is 1. The molecule has 2 aromatic rings. The van der Waals surface area contributed by atoms with Crippen molar-refractivity contribution < 1.29 is 19.1 Å². The fourth-order valence-corrected chi connectivity index (χ4v) is 3.10. The summed E-state index contributed by atoms with van der Waals surface area (Å²) in [6.07, 6.45) is 2.26. The molecule has 1 saturated heterocycles. The summed E-state index contributed by atoms with van der Waals surface area (Å²) in [5.74, 6) is -0.908. The lowest BCUT2D eigenvalue weighted by Gasteiger charge is -2.26. The molecule has 1 aliphatic rings. The molecule has 1 fully saturated rings. The van der Waals surface area contributed by atoms with Gasteiger partial charge in [0.2, 0.25) is 0 Å². The number of benzene rings is 2. The number of hydrogen-bond acceptors (Lipinski definition) is 4. The highest BCUT2D eigenvalue weighted by Crippen LogP contribution is 2.28. The fraction of sp³-hybridized carbons (Fsp3) is 0.227. The molecule has 0 unspecified atom stereocenters. The van der Waals surface area contributed by atoms with Gasteiger partial charge in [0.25, 0.3) is 11.8 Å². The molecule has 0 atom stereocenters. The molecular formula is C22H21ClN2O4. The Morgan fingerprint density at radius 1 is 1.07 bits per heavy atom. The molecule has 0 bridgehead atoms. The number of imide groups is 2. The van der Waals surface area contributed by atoms with Gasteiger partial charge < -0.3 is 4.74 Å². The van der Waals surface area contributed by atoms with Crippen molar-refractivity contribution in [1.82, 2.24) is 5.32 Å². The Kier molecular flexibility index (Phi) is 6.03. The van der Waals surface area contributed by atoms with Crippen LogP contribution in [0.5, 0.6) is 5.75 Å². The zero-order valence-electron chi connectivity index (χ0n) is 16.4. The summed E-state index contributed by atoms with van der Waals surface area (Å²) in [6.45, 7) is 6.34. The molecule has 150 valence electrons. The van der Waals surface area contributed by atoms with Crippen LogP contribution in [-0.4, -0.2) is 24.5 Å². The zero-order valence-corrected chi connectivity index (χ0v) is 17.2. The van der Waals surface area contributed by atoms with E-state index in [9.17, 15) is 14.4 Å². The van der Waals surface area contributed by atoms with Gasteiger partial charge in [0.1, 0.15) is 11.3 Å². The number of carbonyl (C=O) groups excluding carboxylic acids is 3. The van der Waals surface area contributed by atoms with Crippen LogP contribution in [-0.2, 0) is 9.59 Å². The molecule has 29 heavy (non-hydrogen) atoms. The molecule has 0 saturated carbocycles. The number of nitrogens with one attached hydrogen (secondary N) is 1. The first-order chi connectivity index (χ1) is 13.8. The van der Waals surface area contributed by atoms with E-state index in [-0.39, 0.29) is 5.57 Å². The number of carbonyl (C=O) groups is 3. The van der Waals surface area contributed by atoms with Crippen molar-refractivity contribution in [2.24, 2.45) is 0 Å². The van der Waals surface area contributed by atoms with E-state index in [4.69, 9.17) is 16.3 Å². The molecule has 1 aliphatic heterocycles. The second kappa shape index (κ2) is 8.49. The Morgan fingerprint density at radius 2 is 1.83 bits per heavy atom. The Labute approximate surface area is 174 Å². The molecule has 0 aliphatic carbocycles. The average molecular weight is 413 g/mol. The van der Waals surface area contributed by atoms with Gasteiger partial charge >= 0.3 is 6.03 Å². The number of amides is 4. The van der Waals surface area contributed by atoms with Crippen molar-refractivity contribution in [3.05, 3.63) is 63.7 Å². The Hall–Kier alpha value is -3.12. The Morgan fingerprint density at radius 3 is 2.48 bits per heavy atom. The smallest absolute Gasteiger partial charge is 0.335 e. The number of urea groups is 1. The summed E-state index contributed by atoms with van der Waals surface area (Å²) in [6, 6.07) is 9.43. The number of rotatable bonds is 5. The summed E-state index contributed by atoms with van der Waals surface area (Å²) < 4.78 is 5.53. The van der Waals surface area contributed by atoms with E-state index in [1.165, 1.54) is 6.08 Å². The van der Waals surface area contributed by atoms with E-state index in [0.717, 1.165) is 22.4 Å². The summed E-state index contributed by atoms with van der Waals surface area (Å²) in [5, 5.41) is 2.59. The molecule has 1 heterocycles. The summed E-state index contributed by atoms with van der Waals surface area (Å²) in [4.78, 5) is 38.5. The normalized spacial score (nSPS) is 15.7.